The third-order valence-corrected chi connectivity index (χ3v) is 4.51. The molecule has 0 aliphatic rings. The average molecular weight is 414 g/mol. The Morgan fingerprint density at radius 2 is 2.08 bits per heavy atom. The summed E-state index contributed by atoms with van der Waals surface area (Å²) in [7, 11) is 3.55. The standard InChI is InChI=1S/C20H20BrN3O2/c1-24(12-14-11-15(21)8-9-19(14)26-2)13-20(25)23-18-7-3-6-17-16(18)5-4-10-22-17/h3-11H,12-13H2,1-2H3,(H,23,25). The van der Waals surface area contributed by atoms with E-state index < -0.39 is 0 Å². The molecule has 26 heavy (non-hydrogen) atoms. The number of ether oxygens (including phenoxy) is 1. The molecule has 134 valence electrons. The van der Waals surface area contributed by atoms with Crippen LogP contribution in [0, 0.1) is 0 Å². The van der Waals surface area contributed by atoms with Crippen LogP contribution >= 0.6 is 15.9 Å². The van der Waals surface area contributed by atoms with E-state index in [9.17, 15) is 4.79 Å². The fraction of sp³-hybridized carbons (Fsp3) is 0.200. The molecule has 0 atom stereocenters. The average Bonchev–Trinajstić information content (AvgIpc) is 2.62. The van der Waals surface area contributed by atoms with Crippen LogP contribution in [0.4, 0.5) is 5.69 Å². The molecule has 0 aliphatic carbocycles. The Bertz CT molecular complexity index is 925. The molecule has 0 saturated carbocycles. The highest BCUT2D eigenvalue weighted by molar-refractivity contribution is 9.10. The number of halogens is 1. The van der Waals surface area contributed by atoms with E-state index in [-0.39, 0.29) is 12.5 Å². The van der Waals surface area contributed by atoms with Gasteiger partial charge in [0.05, 0.1) is 24.9 Å². The first kappa shape index (κ1) is 18.4. The second-order valence-corrected chi connectivity index (χ2v) is 6.97. The van der Waals surface area contributed by atoms with Crippen molar-refractivity contribution in [3.63, 3.8) is 0 Å². The largest absolute Gasteiger partial charge is 0.496 e. The van der Waals surface area contributed by atoms with Crippen molar-refractivity contribution in [3.8, 4) is 5.75 Å². The van der Waals surface area contributed by atoms with E-state index in [2.05, 4.69) is 26.2 Å². The van der Waals surface area contributed by atoms with Crippen molar-refractivity contribution >= 4 is 38.4 Å². The van der Waals surface area contributed by atoms with Crippen LogP contribution < -0.4 is 10.1 Å². The first-order valence-corrected chi connectivity index (χ1v) is 9.00. The zero-order valence-electron chi connectivity index (χ0n) is 14.7. The van der Waals surface area contributed by atoms with Gasteiger partial charge in [0.25, 0.3) is 0 Å². The lowest BCUT2D eigenvalue weighted by atomic mass is 10.2. The van der Waals surface area contributed by atoms with Gasteiger partial charge in [0.1, 0.15) is 5.75 Å². The third-order valence-electron chi connectivity index (χ3n) is 4.02. The molecular weight excluding hydrogens is 394 g/mol. The van der Waals surface area contributed by atoms with Crippen molar-refractivity contribution in [2.24, 2.45) is 0 Å². The number of amides is 1. The minimum absolute atomic E-state index is 0.0715. The lowest BCUT2D eigenvalue weighted by Crippen LogP contribution is -2.30. The van der Waals surface area contributed by atoms with E-state index in [1.165, 1.54) is 0 Å². The van der Waals surface area contributed by atoms with E-state index in [0.717, 1.165) is 32.4 Å². The maximum atomic E-state index is 12.5. The van der Waals surface area contributed by atoms with Gasteiger partial charge in [-0.1, -0.05) is 22.0 Å². The van der Waals surface area contributed by atoms with E-state index in [4.69, 9.17) is 4.74 Å². The summed E-state index contributed by atoms with van der Waals surface area (Å²) >= 11 is 3.47. The molecule has 3 rings (SSSR count). The Balaban J connectivity index is 1.67. The molecule has 5 nitrogen and oxygen atoms in total. The second kappa shape index (κ2) is 8.29. The molecule has 1 amide bonds. The Morgan fingerprint density at radius 3 is 2.88 bits per heavy atom. The van der Waals surface area contributed by atoms with Crippen LogP contribution in [0.3, 0.4) is 0 Å². The van der Waals surface area contributed by atoms with Gasteiger partial charge in [-0.15, -0.1) is 0 Å². The van der Waals surface area contributed by atoms with Crippen molar-refractivity contribution < 1.29 is 9.53 Å². The molecule has 0 spiro atoms. The number of likely N-dealkylation sites (N-methyl/N-ethyl adjacent to an activating group) is 1. The lowest BCUT2D eigenvalue weighted by molar-refractivity contribution is -0.117. The third kappa shape index (κ3) is 4.39. The topological polar surface area (TPSA) is 54.5 Å². The predicted molar refractivity (Wildman–Crippen MR) is 107 cm³/mol. The molecule has 6 heteroatoms. The summed E-state index contributed by atoms with van der Waals surface area (Å²) in [5.41, 5.74) is 2.65. The molecule has 0 unspecified atom stereocenters. The first-order valence-electron chi connectivity index (χ1n) is 8.21. The van der Waals surface area contributed by atoms with E-state index in [0.29, 0.717) is 6.54 Å². The first-order chi connectivity index (χ1) is 12.6. The summed E-state index contributed by atoms with van der Waals surface area (Å²) < 4.78 is 6.38. The van der Waals surface area contributed by atoms with Gasteiger partial charge >= 0.3 is 0 Å². The van der Waals surface area contributed by atoms with Gasteiger partial charge < -0.3 is 10.1 Å². The summed E-state index contributed by atoms with van der Waals surface area (Å²) in [6, 6.07) is 15.4. The number of nitrogens with one attached hydrogen (secondary N) is 1. The number of rotatable bonds is 6. The van der Waals surface area contributed by atoms with Crippen LogP contribution in [0.1, 0.15) is 5.56 Å². The second-order valence-electron chi connectivity index (χ2n) is 6.05. The van der Waals surface area contributed by atoms with Crippen LogP contribution in [0.2, 0.25) is 0 Å². The van der Waals surface area contributed by atoms with E-state index in [1.807, 2.05) is 60.5 Å². The number of hydrogen-bond acceptors (Lipinski definition) is 4. The van der Waals surface area contributed by atoms with Gasteiger partial charge in [-0.25, -0.2) is 0 Å². The molecular formula is C20H20BrN3O2. The summed E-state index contributed by atoms with van der Waals surface area (Å²) in [6.07, 6.45) is 1.74. The van der Waals surface area contributed by atoms with Gasteiger partial charge in [0.2, 0.25) is 5.91 Å². The lowest BCUT2D eigenvalue weighted by Gasteiger charge is -2.18. The van der Waals surface area contributed by atoms with Crippen molar-refractivity contribution in [2.75, 3.05) is 26.0 Å². The summed E-state index contributed by atoms with van der Waals surface area (Å²) in [5, 5.41) is 3.91. The van der Waals surface area contributed by atoms with Crippen LogP contribution in [0.15, 0.2) is 59.2 Å². The summed E-state index contributed by atoms with van der Waals surface area (Å²) in [4.78, 5) is 18.7. The molecule has 3 aromatic rings. The molecule has 0 saturated heterocycles. The molecule has 1 aromatic heterocycles. The highest BCUT2D eigenvalue weighted by atomic mass is 79.9. The monoisotopic (exact) mass is 413 g/mol. The van der Waals surface area contributed by atoms with Crippen molar-refractivity contribution in [2.45, 2.75) is 6.54 Å². The van der Waals surface area contributed by atoms with Crippen LogP contribution in [-0.2, 0) is 11.3 Å². The zero-order valence-corrected chi connectivity index (χ0v) is 16.3. The molecule has 1 heterocycles. The summed E-state index contributed by atoms with van der Waals surface area (Å²) in [6.45, 7) is 0.874. The van der Waals surface area contributed by atoms with Crippen LogP contribution in [0.25, 0.3) is 10.9 Å². The number of hydrogen-bond donors (Lipinski definition) is 1. The minimum Gasteiger partial charge on any atom is -0.496 e. The maximum Gasteiger partial charge on any atom is 0.238 e. The normalized spacial score (nSPS) is 10.9. The Hall–Kier alpha value is -2.44. The number of pyridine rings is 1. The highest BCUT2D eigenvalue weighted by Crippen LogP contribution is 2.24. The molecule has 0 radical (unpaired) electrons. The number of benzene rings is 2. The van der Waals surface area contributed by atoms with Gasteiger partial charge in [0.15, 0.2) is 0 Å². The predicted octanol–water partition coefficient (Wildman–Crippen LogP) is 4.08. The number of fused-ring (bicyclic) bond motifs is 1. The number of methoxy groups -OCH3 is 1. The SMILES string of the molecule is COc1ccc(Br)cc1CN(C)CC(=O)Nc1cccc2ncccc12. The minimum atomic E-state index is -0.0715. The zero-order chi connectivity index (χ0) is 18.5. The fourth-order valence-electron chi connectivity index (χ4n) is 2.86. The number of carbonyl (C=O) groups excluding carboxylic acids is 1. The molecule has 0 fully saturated rings. The quantitative estimate of drug-likeness (QED) is 0.661. The van der Waals surface area contributed by atoms with Gasteiger partial charge in [-0.3, -0.25) is 14.7 Å². The molecule has 1 N–H and O–H groups in total. The van der Waals surface area contributed by atoms with Gasteiger partial charge in [-0.2, -0.15) is 0 Å². The van der Waals surface area contributed by atoms with Crippen molar-refractivity contribution in [3.05, 3.63) is 64.8 Å². The van der Waals surface area contributed by atoms with E-state index >= 15 is 0 Å². The summed E-state index contributed by atoms with van der Waals surface area (Å²) in [5.74, 6) is 0.735. The van der Waals surface area contributed by atoms with Gasteiger partial charge in [0, 0.05) is 28.2 Å². The molecule has 0 aliphatic heterocycles. The number of carbonyl (C=O) groups is 1. The number of anilines is 1. The number of nitrogens with zero attached hydrogens (tertiary/aromatic N) is 2. The Labute approximate surface area is 161 Å². The smallest absolute Gasteiger partial charge is 0.238 e. The van der Waals surface area contributed by atoms with Crippen molar-refractivity contribution in [1.29, 1.82) is 0 Å². The number of aromatic nitrogens is 1. The molecule has 0 bridgehead atoms. The molecule has 2 aromatic carbocycles. The van der Waals surface area contributed by atoms with Crippen molar-refractivity contribution in [1.82, 2.24) is 9.88 Å². The Morgan fingerprint density at radius 1 is 1.23 bits per heavy atom. The Kier molecular flexibility index (Phi) is 5.85. The maximum absolute atomic E-state index is 12.5. The van der Waals surface area contributed by atoms with E-state index in [1.54, 1.807) is 13.3 Å². The van der Waals surface area contributed by atoms with Gasteiger partial charge in [-0.05, 0) is 49.5 Å². The van der Waals surface area contributed by atoms with Crippen LogP contribution in [-0.4, -0.2) is 36.5 Å². The highest BCUT2D eigenvalue weighted by Gasteiger charge is 2.12. The fourth-order valence-corrected chi connectivity index (χ4v) is 3.27. The van der Waals surface area contributed by atoms with Crippen LogP contribution in [0.5, 0.6) is 5.75 Å².